The third-order valence-corrected chi connectivity index (χ3v) is 1.73. The fraction of sp³-hybridized carbons (Fsp3) is 0.500. The number of aromatic nitrogens is 2. The summed E-state index contributed by atoms with van der Waals surface area (Å²) in [6, 6.07) is 0. The van der Waals surface area contributed by atoms with Gasteiger partial charge in [0.1, 0.15) is 6.33 Å². The zero-order valence-electron chi connectivity index (χ0n) is 7.37. The van der Waals surface area contributed by atoms with Crippen molar-refractivity contribution < 1.29 is 4.74 Å². The van der Waals surface area contributed by atoms with E-state index in [-0.39, 0.29) is 0 Å². The first-order valence-electron chi connectivity index (χ1n) is 3.90. The number of hydrogen-bond acceptors (Lipinski definition) is 4. The fourth-order valence-electron chi connectivity index (χ4n) is 1.12. The SMILES string of the molecule is CCc1ncnc(OC)c1CN. The van der Waals surface area contributed by atoms with E-state index in [9.17, 15) is 0 Å². The minimum absolute atomic E-state index is 0.424. The van der Waals surface area contributed by atoms with Crippen molar-refractivity contribution in [2.45, 2.75) is 19.9 Å². The van der Waals surface area contributed by atoms with Crippen molar-refractivity contribution in [2.75, 3.05) is 7.11 Å². The van der Waals surface area contributed by atoms with Crippen LogP contribution < -0.4 is 10.5 Å². The zero-order valence-corrected chi connectivity index (χ0v) is 7.37. The molecule has 0 saturated carbocycles. The lowest BCUT2D eigenvalue weighted by atomic mass is 10.2. The van der Waals surface area contributed by atoms with Gasteiger partial charge < -0.3 is 10.5 Å². The average molecular weight is 167 g/mol. The smallest absolute Gasteiger partial charge is 0.220 e. The molecule has 0 atom stereocenters. The van der Waals surface area contributed by atoms with E-state index in [1.807, 2.05) is 6.92 Å². The second-order valence-electron chi connectivity index (χ2n) is 2.37. The van der Waals surface area contributed by atoms with Crippen molar-refractivity contribution in [1.29, 1.82) is 0 Å². The predicted octanol–water partition coefficient (Wildman–Crippen LogP) is 0.506. The number of rotatable bonds is 3. The minimum atomic E-state index is 0.424. The molecule has 1 aromatic heterocycles. The van der Waals surface area contributed by atoms with Gasteiger partial charge in [-0.15, -0.1) is 0 Å². The highest BCUT2D eigenvalue weighted by Gasteiger charge is 2.07. The Kier molecular flexibility index (Phi) is 2.99. The third kappa shape index (κ3) is 1.53. The maximum absolute atomic E-state index is 5.54. The molecule has 0 aromatic carbocycles. The van der Waals surface area contributed by atoms with Crippen LogP contribution in [0, 0.1) is 0 Å². The van der Waals surface area contributed by atoms with E-state index >= 15 is 0 Å². The monoisotopic (exact) mass is 167 g/mol. The molecule has 0 amide bonds. The molecule has 0 aliphatic rings. The second kappa shape index (κ2) is 4.01. The topological polar surface area (TPSA) is 61.0 Å². The quantitative estimate of drug-likeness (QED) is 0.712. The lowest BCUT2D eigenvalue weighted by molar-refractivity contribution is 0.390. The van der Waals surface area contributed by atoms with Gasteiger partial charge in [0.2, 0.25) is 5.88 Å². The molecule has 66 valence electrons. The van der Waals surface area contributed by atoms with Crippen LogP contribution in [-0.2, 0) is 13.0 Å². The molecule has 4 heteroatoms. The first-order chi connectivity index (χ1) is 5.83. The molecule has 0 aliphatic heterocycles. The molecule has 1 aromatic rings. The Balaban J connectivity index is 3.13. The number of nitrogens with two attached hydrogens (primary N) is 1. The van der Waals surface area contributed by atoms with Gasteiger partial charge in [-0.1, -0.05) is 6.92 Å². The van der Waals surface area contributed by atoms with Crippen LogP contribution in [0.1, 0.15) is 18.2 Å². The van der Waals surface area contributed by atoms with E-state index in [0.29, 0.717) is 12.4 Å². The molecule has 1 heterocycles. The molecule has 0 fully saturated rings. The standard InChI is InChI=1S/C8H13N3O/c1-3-7-6(4-9)8(12-2)11-5-10-7/h5H,3-4,9H2,1-2H3. The van der Waals surface area contributed by atoms with Crippen LogP contribution in [0.2, 0.25) is 0 Å². The highest BCUT2D eigenvalue weighted by Crippen LogP contribution is 2.16. The summed E-state index contributed by atoms with van der Waals surface area (Å²) in [5.74, 6) is 0.587. The molecule has 0 bridgehead atoms. The molecule has 0 spiro atoms. The number of ether oxygens (including phenoxy) is 1. The molecule has 0 aliphatic carbocycles. The summed E-state index contributed by atoms with van der Waals surface area (Å²) in [7, 11) is 1.58. The minimum Gasteiger partial charge on any atom is -0.481 e. The molecule has 12 heavy (non-hydrogen) atoms. The Labute approximate surface area is 71.8 Å². The first-order valence-corrected chi connectivity index (χ1v) is 3.90. The lowest BCUT2D eigenvalue weighted by Crippen LogP contribution is -2.07. The van der Waals surface area contributed by atoms with Crippen molar-refractivity contribution >= 4 is 0 Å². The van der Waals surface area contributed by atoms with Crippen molar-refractivity contribution in [3.05, 3.63) is 17.6 Å². The van der Waals surface area contributed by atoms with Gasteiger partial charge >= 0.3 is 0 Å². The maximum atomic E-state index is 5.54. The zero-order chi connectivity index (χ0) is 8.97. The van der Waals surface area contributed by atoms with E-state index in [2.05, 4.69) is 9.97 Å². The Hall–Kier alpha value is -1.16. The van der Waals surface area contributed by atoms with E-state index in [0.717, 1.165) is 17.7 Å². The van der Waals surface area contributed by atoms with Crippen LogP contribution in [-0.4, -0.2) is 17.1 Å². The second-order valence-corrected chi connectivity index (χ2v) is 2.37. The van der Waals surface area contributed by atoms with Crippen molar-refractivity contribution in [2.24, 2.45) is 5.73 Å². The molecule has 0 radical (unpaired) electrons. The summed E-state index contributed by atoms with van der Waals surface area (Å²) in [5, 5.41) is 0. The van der Waals surface area contributed by atoms with Gasteiger partial charge in [0.25, 0.3) is 0 Å². The maximum Gasteiger partial charge on any atom is 0.220 e. The number of aryl methyl sites for hydroxylation is 1. The van der Waals surface area contributed by atoms with Gasteiger partial charge in [0.05, 0.1) is 12.8 Å². The summed E-state index contributed by atoms with van der Waals surface area (Å²) in [6.45, 7) is 2.45. The number of hydrogen-bond donors (Lipinski definition) is 1. The van der Waals surface area contributed by atoms with Gasteiger partial charge in [-0.05, 0) is 6.42 Å². The molecular formula is C8H13N3O. The van der Waals surface area contributed by atoms with E-state index in [4.69, 9.17) is 10.5 Å². The summed E-state index contributed by atoms with van der Waals surface area (Å²) < 4.78 is 5.05. The average Bonchev–Trinajstić information content (AvgIpc) is 2.16. The molecule has 0 saturated heterocycles. The number of nitrogens with zero attached hydrogens (tertiary/aromatic N) is 2. The van der Waals surface area contributed by atoms with E-state index < -0.39 is 0 Å². The van der Waals surface area contributed by atoms with Gasteiger partial charge in [-0.2, -0.15) is 0 Å². The van der Waals surface area contributed by atoms with Gasteiger partial charge in [-0.3, -0.25) is 0 Å². The molecule has 2 N–H and O–H groups in total. The Bertz CT molecular complexity index is 240. The number of methoxy groups -OCH3 is 1. The van der Waals surface area contributed by atoms with E-state index in [1.165, 1.54) is 6.33 Å². The summed E-state index contributed by atoms with van der Waals surface area (Å²) in [4.78, 5) is 8.07. The van der Waals surface area contributed by atoms with Crippen LogP contribution in [0.4, 0.5) is 0 Å². The molecule has 0 unspecified atom stereocenters. The Morgan fingerprint density at radius 1 is 1.50 bits per heavy atom. The summed E-state index contributed by atoms with van der Waals surface area (Å²) in [5.41, 5.74) is 7.41. The predicted molar refractivity (Wildman–Crippen MR) is 45.9 cm³/mol. The van der Waals surface area contributed by atoms with Crippen LogP contribution in [0.15, 0.2) is 6.33 Å². The normalized spacial score (nSPS) is 9.92. The van der Waals surface area contributed by atoms with Gasteiger partial charge in [-0.25, -0.2) is 9.97 Å². The highest BCUT2D eigenvalue weighted by atomic mass is 16.5. The first kappa shape index (κ1) is 8.93. The fourth-order valence-corrected chi connectivity index (χ4v) is 1.12. The van der Waals surface area contributed by atoms with Gasteiger partial charge in [0, 0.05) is 12.1 Å². The van der Waals surface area contributed by atoms with Crippen molar-refractivity contribution in [3.8, 4) is 5.88 Å². The van der Waals surface area contributed by atoms with Gasteiger partial charge in [0.15, 0.2) is 0 Å². The molecular weight excluding hydrogens is 154 g/mol. The van der Waals surface area contributed by atoms with E-state index in [1.54, 1.807) is 7.11 Å². The van der Waals surface area contributed by atoms with Crippen LogP contribution in [0.25, 0.3) is 0 Å². The van der Waals surface area contributed by atoms with Crippen molar-refractivity contribution in [3.63, 3.8) is 0 Å². The van der Waals surface area contributed by atoms with Crippen molar-refractivity contribution in [1.82, 2.24) is 9.97 Å². The summed E-state index contributed by atoms with van der Waals surface area (Å²) >= 11 is 0. The molecule has 4 nitrogen and oxygen atoms in total. The molecule has 1 rings (SSSR count). The van der Waals surface area contributed by atoms with Crippen LogP contribution >= 0.6 is 0 Å². The largest absolute Gasteiger partial charge is 0.481 e. The van der Waals surface area contributed by atoms with Crippen LogP contribution in [0.5, 0.6) is 5.88 Å². The van der Waals surface area contributed by atoms with Crippen LogP contribution in [0.3, 0.4) is 0 Å². The lowest BCUT2D eigenvalue weighted by Gasteiger charge is -2.07. The summed E-state index contributed by atoms with van der Waals surface area (Å²) in [6.07, 6.45) is 2.35. The third-order valence-electron chi connectivity index (χ3n) is 1.73. The Morgan fingerprint density at radius 2 is 2.25 bits per heavy atom. The Morgan fingerprint density at radius 3 is 2.75 bits per heavy atom. The highest BCUT2D eigenvalue weighted by molar-refractivity contribution is 5.29.